The first-order valence-corrected chi connectivity index (χ1v) is 0. The SMILES string of the molecule is [Co+2].[Li+].[Mg+2].[Mn+2].[Ni+2].[O-2]. The zero-order chi connectivity index (χ0) is 0. The summed E-state index contributed by atoms with van der Waals surface area (Å²) in [6.07, 6.45) is 0. The van der Waals surface area contributed by atoms with Crippen molar-refractivity contribution in [2.24, 2.45) is 0 Å². The molecular formula is CoLiMgMnNiO+7. The average molecular weight is 220 g/mol. The van der Waals surface area contributed by atoms with Gasteiger partial charge in [0.25, 0.3) is 0 Å². The Morgan fingerprint density at radius 2 is 1.00 bits per heavy atom. The van der Waals surface area contributed by atoms with E-state index in [9.17, 15) is 0 Å². The normalized spacial score (nSPS) is 0. The summed E-state index contributed by atoms with van der Waals surface area (Å²) in [5.41, 5.74) is 0. The minimum Gasteiger partial charge on any atom is -2.00 e. The van der Waals surface area contributed by atoms with Crippen molar-refractivity contribution >= 4 is 23.1 Å². The molecule has 0 aliphatic heterocycles. The van der Waals surface area contributed by atoms with Crippen molar-refractivity contribution in [3.63, 3.8) is 0 Å². The van der Waals surface area contributed by atoms with E-state index in [1.165, 1.54) is 0 Å². The van der Waals surface area contributed by atoms with Crippen LogP contribution in [0.2, 0.25) is 0 Å². The zero-order valence-corrected chi connectivity index (χ0v) is 7.77. The zero-order valence-electron chi connectivity index (χ0n) is 3.14. The van der Waals surface area contributed by atoms with Gasteiger partial charge in [-0.05, 0) is 0 Å². The molecule has 1 nitrogen and oxygen atoms in total. The Hall–Kier alpha value is 2.84. The van der Waals surface area contributed by atoms with E-state index < -0.39 is 0 Å². The van der Waals surface area contributed by atoms with E-state index >= 15 is 0 Å². The van der Waals surface area contributed by atoms with Gasteiger partial charge in [-0.1, -0.05) is 0 Å². The predicted octanol–water partition coefficient (Wildman–Crippen LogP) is -3.50. The fourth-order valence-electron chi connectivity index (χ4n) is 0. The van der Waals surface area contributed by atoms with Gasteiger partial charge in [0.15, 0.2) is 0 Å². The van der Waals surface area contributed by atoms with Gasteiger partial charge in [-0.2, -0.15) is 0 Å². The minimum atomic E-state index is 0. The Bertz CT molecular complexity index is 15.5. The van der Waals surface area contributed by atoms with Crippen LogP contribution in [0.3, 0.4) is 0 Å². The Morgan fingerprint density at radius 3 is 1.00 bits per heavy atom. The molecule has 0 atom stereocenters. The van der Waals surface area contributed by atoms with Gasteiger partial charge in [0.2, 0.25) is 0 Å². The van der Waals surface area contributed by atoms with E-state index in [1.807, 2.05) is 0 Å². The molecular weight excluding hydrogens is 220 g/mol. The smallest absolute Gasteiger partial charge is 2.00 e. The molecule has 0 spiro atoms. The first-order valence-electron chi connectivity index (χ1n) is 0. The van der Waals surface area contributed by atoms with Crippen LogP contribution in [0.5, 0.6) is 0 Å². The van der Waals surface area contributed by atoms with Crippen LogP contribution in [0.1, 0.15) is 0 Å². The first-order chi connectivity index (χ1) is 0. The molecule has 0 aromatic carbocycles. The monoisotopic (exact) mass is 219 g/mol. The molecule has 0 unspecified atom stereocenters. The maximum absolute atomic E-state index is 0. The molecule has 6 heteroatoms. The third kappa shape index (κ3) is 28.9. The van der Waals surface area contributed by atoms with E-state index in [0.717, 1.165) is 0 Å². The molecule has 0 rings (SSSR count). The van der Waals surface area contributed by atoms with Crippen molar-refractivity contribution < 1.29 is 74.7 Å². The largest absolute Gasteiger partial charge is 2.00 e. The Balaban J connectivity index is 0. The Labute approximate surface area is 96.4 Å². The van der Waals surface area contributed by atoms with Crippen LogP contribution in [0.4, 0.5) is 0 Å². The predicted molar refractivity (Wildman–Crippen MR) is 6.44 cm³/mol. The van der Waals surface area contributed by atoms with Crippen LogP contribution in [0, 0.1) is 0 Å². The molecule has 0 aliphatic carbocycles. The van der Waals surface area contributed by atoms with Crippen molar-refractivity contribution in [3.8, 4) is 0 Å². The molecule has 0 aromatic heterocycles. The third-order valence-corrected chi connectivity index (χ3v) is 0. The van der Waals surface area contributed by atoms with Crippen molar-refractivity contribution in [3.05, 3.63) is 0 Å². The molecule has 6 heavy (non-hydrogen) atoms. The molecule has 0 N–H and O–H groups in total. The molecule has 28 valence electrons. The van der Waals surface area contributed by atoms with Crippen LogP contribution >= 0.6 is 0 Å². The van der Waals surface area contributed by atoms with Gasteiger partial charge >= 0.3 is 92.3 Å². The fraction of sp³-hybridized carbons (Fsp3) is 0. The quantitative estimate of drug-likeness (QED) is 0.379. The molecule has 0 aliphatic rings. The summed E-state index contributed by atoms with van der Waals surface area (Å²) < 4.78 is 0. The summed E-state index contributed by atoms with van der Waals surface area (Å²) in [6.45, 7) is 0. The summed E-state index contributed by atoms with van der Waals surface area (Å²) in [7, 11) is 0. The topological polar surface area (TPSA) is 28.5 Å². The van der Waals surface area contributed by atoms with E-state index in [2.05, 4.69) is 0 Å². The number of hydrogen-bond donors (Lipinski definition) is 0. The second-order valence-electron chi connectivity index (χ2n) is 0. The average Bonchev–Trinajstić information content (AvgIpc) is 0. The molecule has 0 heterocycles. The van der Waals surface area contributed by atoms with Crippen molar-refractivity contribution in [2.45, 2.75) is 0 Å². The summed E-state index contributed by atoms with van der Waals surface area (Å²) in [5.74, 6) is 0. The maximum Gasteiger partial charge on any atom is 2.00 e. The molecule has 0 aromatic rings. The van der Waals surface area contributed by atoms with Gasteiger partial charge < -0.3 is 5.48 Å². The second kappa shape index (κ2) is 45.4. The minimum absolute atomic E-state index is 0. The second-order valence-corrected chi connectivity index (χ2v) is 0. The van der Waals surface area contributed by atoms with Crippen LogP contribution in [-0.2, 0) is 55.8 Å². The van der Waals surface area contributed by atoms with Crippen LogP contribution in [0.25, 0.3) is 0 Å². The summed E-state index contributed by atoms with van der Waals surface area (Å²) in [4.78, 5) is 0. The van der Waals surface area contributed by atoms with Gasteiger partial charge in [0.1, 0.15) is 0 Å². The van der Waals surface area contributed by atoms with Gasteiger partial charge in [0, 0.05) is 0 Å². The van der Waals surface area contributed by atoms with Crippen LogP contribution in [0.15, 0.2) is 0 Å². The number of hydrogen-bond acceptors (Lipinski definition) is 0. The first kappa shape index (κ1) is 67.3. The summed E-state index contributed by atoms with van der Waals surface area (Å²) >= 11 is 0. The van der Waals surface area contributed by atoms with Gasteiger partial charge in [-0.15, -0.1) is 0 Å². The third-order valence-electron chi connectivity index (χ3n) is 0. The van der Waals surface area contributed by atoms with E-state index in [-0.39, 0.29) is 97.7 Å². The molecule has 0 saturated heterocycles. The van der Waals surface area contributed by atoms with E-state index in [0.29, 0.717) is 0 Å². The molecule has 0 amide bonds. The molecule has 2 radical (unpaired) electrons. The van der Waals surface area contributed by atoms with Crippen molar-refractivity contribution in [1.82, 2.24) is 0 Å². The van der Waals surface area contributed by atoms with E-state index in [4.69, 9.17) is 0 Å². The van der Waals surface area contributed by atoms with Gasteiger partial charge in [-0.3, -0.25) is 0 Å². The standard InChI is InChI=1S/Co.Li.Mg.Mn.Ni.O/q+2;+1;3*+2;-2. The Kier molecular flexibility index (Phi) is 510. The number of rotatable bonds is 0. The summed E-state index contributed by atoms with van der Waals surface area (Å²) in [6, 6.07) is 0. The Morgan fingerprint density at radius 1 is 1.00 bits per heavy atom. The van der Waals surface area contributed by atoms with Gasteiger partial charge in [-0.25, -0.2) is 0 Å². The molecule has 0 bridgehead atoms. The van der Waals surface area contributed by atoms with Crippen molar-refractivity contribution in [1.29, 1.82) is 0 Å². The molecule has 0 fully saturated rings. The summed E-state index contributed by atoms with van der Waals surface area (Å²) in [5, 5.41) is 0. The van der Waals surface area contributed by atoms with E-state index in [1.54, 1.807) is 0 Å². The maximum atomic E-state index is 0. The van der Waals surface area contributed by atoms with Crippen LogP contribution < -0.4 is 18.9 Å². The fourth-order valence-corrected chi connectivity index (χ4v) is 0. The van der Waals surface area contributed by atoms with Gasteiger partial charge in [0.05, 0.1) is 0 Å². The van der Waals surface area contributed by atoms with Crippen LogP contribution in [-0.4, -0.2) is 23.1 Å². The van der Waals surface area contributed by atoms with Crippen molar-refractivity contribution in [2.75, 3.05) is 0 Å². The molecule has 0 saturated carbocycles.